The number of carbonyl (C=O) groups is 2. The Morgan fingerprint density at radius 3 is 2.30 bits per heavy atom. The van der Waals surface area contributed by atoms with E-state index in [1.807, 2.05) is 0 Å². The predicted molar refractivity (Wildman–Crippen MR) is 77.8 cm³/mol. The highest BCUT2D eigenvalue weighted by molar-refractivity contribution is 6.33. The number of nitrogens with one attached hydrogen (secondary N) is 1. The maximum atomic E-state index is 12.9. The lowest BCUT2D eigenvalue weighted by atomic mass is 10.1. The van der Waals surface area contributed by atoms with Crippen LogP contribution in [0.2, 0.25) is 5.02 Å². The highest BCUT2D eigenvalue weighted by atomic mass is 35.5. The van der Waals surface area contributed by atoms with E-state index in [-0.39, 0.29) is 16.3 Å². The van der Waals surface area contributed by atoms with Gasteiger partial charge in [0.15, 0.2) is 0 Å². The molecule has 23 heavy (non-hydrogen) atoms. The first-order valence-electron chi connectivity index (χ1n) is 6.20. The molecule has 2 N–H and O–H groups in total. The summed E-state index contributed by atoms with van der Waals surface area (Å²) in [5.74, 6) is -2.32. The molecule has 8 heteroatoms. The van der Waals surface area contributed by atoms with Crippen molar-refractivity contribution in [3.8, 4) is 0 Å². The molecule has 2 rings (SSSR count). The minimum atomic E-state index is -4.68. The Morgan fingerprint density at radius 1 is 1.04 bits per heavy atom. The normalized spacial score (nSPS) is 11.1. The smallest absolute Gasteiger partial charge is 0.417 e. The molecular weight excluding hydrogens is 335 g/mol. The van der Waals surface area contributed by atoms with Crippen molar-refractivity contribution in [3.63, 3.8) is 0 Å². The van der Waals surface area contributed by atoms with Gasteiger partial charge in [0.1, 0.15) is 0 Å². The average molecular weight is 344 g/mol. The van der Waals surface area contributed by atoms with Crippen LogP contribution in [-0.2, 0) is 6.18 Å². The minimum absolute atomic E-state index is 0.0220. The zero-order valence-corrected chi connectivity index (χ0v) is 12.1. The van der Waals surface area contributed by atoms with Crippen molar-refractivity contribution in [1.29, 1.82) is 0 Å². The lowest BCUT2D eigenvalue weighted by molar-refractivity contribution is -0.137. The summed E-state index contributed by atoms with van der Waals surface area (Å²) in [6.07, 6.45) is -4.68. The topological polar surface area (TPSA) is 66.4 Å². The van der Waals surface area contributed by atoms with E-state index >= 15 is 0 Å². The van der Waals surface area contributed by atoms with Crippen LogP contribution >= 0.6 is 11.6 Å². The van der Waals surface area contributed by atoms with Crippen LogP contribution in [0.25, 0.3) is 0 Å². The van der Waals surface area contributed by atoms with Crippen molar-refractivity contribution in [2.75, 3.05) is 5.32 Å². The number of carboxylic acids is 1. The molecule has 1 amide bonds. The van der Waals surface area contributed by atoms with E-state index in [2.05, 4.69) is 5.32 Å². The molecule has 0 atom stereocenters. The highest BCUT2D eigenvalue weighted by Crippen LogP contribution is 2.32. The maximum Gasteiger partial charge on any atom is 0.417 e. The molecular formula is C15H9ClF3NO3. The second kappa shape index (κ2) is 6.29. The van der Waals surface area contributed by atoms with Gasteiger partial charge in [0.25, 0.3) is 5.91 Å². The van der Waals surface area contributed by atoms with Gasteiger partial charge in [0.2, 0.25) is 0 Å². The summed E-state index contributed by atoms with van der Waals surface area (Å²) in [6, 6.07) is 7.89. The summed E-state index contributed by atoms with van der Waals surface area (Å²) >= 11 is 5.69. The Morgan fingerprint density at radius 2 is 1.70 bits per heavy atom. The molecule has 0 saturated heterocycles. The molecule has 0 heterocycles. The Labute approximate surface area is 133 Å². The standard InChI is InChI=1S/C15H9ClF3NO3/c16-12-6-5-8(7-10(12)14(22)23)20-13(21)9-3-1-2-4-11(9)15(17,18)19/h1-7H,(H,20,21)(H,22,23). The van der Waals surface area contributed by atoms with Gasteiger partial charge in [-0.05, 0) is 30.3 Å². The van der Waals surface area contributed by atoms with Gasteiger partial charge in [-0.3, -0.25) is 4.79 Å². The fourth-order valence-electron chi connectivity index (χ4n) is 1.89. The van der Waals surface area contributed by atoms with Crippen LogP contribution in [0.4, 0.5) is 18.9 Å². The highest BCUT2D eigenvalue weighted by Gasteiger charge is 2.34. The van der Waals surface area contributed by atoms with E-state index < -0.39 is 29.2 Å². The molecule has 0 radical (unpaired) electrons. The summed E-state index contributed by atoms with van der Waals surface area (Å²) in [4.78, 5) is 23.0. The van der Waals surface area contributed by atoms with Crippen molar-refractivity contribution in [1.82, 2.24) is 0 Å². The quantitative estimate of drug-likeness (QED) is 0.872. The van der Waals surface area contributed by atoms with E-state index in [4.69, 9.17) is 16.7 Å². The number of alkyl halides is 3. The van der Waals surface area contributed by atoms with Crippen molar-refractivity contribution in [2.24, 2.45) is 0 Å². The third-order valence-electron chi connectivity index (χ3n) is 2.93. The van der Waals surface area contributed by atoms with E-state index in [9.17, 15) is 22.8 Å². The Kier molecular flexibility index (Phi) is 4.60. The number of hydrogen-bond acceptors (Lipinski definition) is 2. The number of rotatable bonds is 3. The van der Waals surface area contributed by atoms with Crippen LogP contribution in [0.5, 0.6) is 0 Å². The first-order chi connectivity index (χ1) is 10.7. The van der Waals surface area contributed by atoms with Crippen LogP contribution in [0.3, 0.4) is 0 Å². The van der Waals surface area contributed by atoms with Gasteiger partial charge in [0, 0.05) is 5.69 Å². The summed E-state index contributed by atoms with van der Waals surface area (Å²) in [6.45, 7) is 0. The third-order valence-corrected chi connectivity index (χ3v) is 3.26. The Hall–Kier alpha value is -2.54. The molecule has 0 fully saturated rings. The Balaban J connectivity index is 2.34. The molecule has 120 valence electrons. The van der Waals surface area contributed by atoms with Crippen LogP contribution in [0.1, 0.15) is 26.3 Å². The fraction of sp³-hybridized carbons (Fsp3) is 0.0667. The number of aromatic carboxylic acids is 1. The molecule has 2 aromatic carbocycles. The van der Waals surface area contributed by atoms with Gasteiger partial charge in [-0.25, -0.2) is 4.79 Å². The minimum Gasteiger partial charge on any atom is -0.478 e. The second-order valence-corrected chi connectivity index (χ2v) is 4.90. The number of carboxylic acid groups (broad SMARTS) is 1. The summed E-state index contributed by atoms with van der Waals surface area (Å²) < 4.78 is 38.7. The lowest BCUT2D eigenvalue weighted by Gasteiger charge is -2.13. The molecule has 0 aliphatic rings. The van der Waals surface area contributed by atoms with Crippen molar-refractivity contribution in [3.05, 3.63) is 64.2 Å². The molecule has 0 aliphatic carbocycles. The fourth-order valence-corrected chi connectivity index (χ4v) is 2.09. The first-order valence-corrected chi connectivity index (χ1v) is 6.58. The number of hydrogen-bond donors (Lipinski definition) is 2. The van der Waals surface area contributed by atoms with E-state index in [1.165, 1.54) is 24.3 Å². The second-order valence-electron chi connectivity index (χ2n) is 4.50. The molecule has 0 saturated carbocycles. The van der Waals surface area contributed by atoms with Gasteiger partial charge in [-0.15, -0.1) is 0 Å². The van der Waals surface area contributed by atoms with E-state index in [0.717, 1.165) is 18.2 Å². The monoisotopic (exact) mass is 343 g/mol. The molecule has 2 aromatic rings. The van der Waals surface area contributed by atoms with Crippen molar-refractivity contribution >= 4 is 29.2 Å². The number of amides is 1. The molecule has 0 aromatic heterocycles. The molecule has 0 spiro atoms. The van der Waals surface area contributed by atoms with Gasteiger partial charge in [-0.2, -0.15) is 13.2 Å². The SMILES string of the molecule is O=C(O)c1cc(NC(=O)c2ccccc2C(F)(F)F)ccc1Cl. The predicted octanol–water partition coefficient (Wildman–Crippen LogP) is 4.31. The molecule has 0 unspecified atom stereocenters. The molecule has 4 nitrogen and oxygen atoms in total. The summed E-state index contributed by atoms with van der Waals surface area (Å²) in [5, 5.41) is 11.1. The molecule has 0 bridgehead atoms. The molecule has 0 aliphatic heterocycles. The average Bonchev–Trinajstić information content (AvgIpc) is 2.48. The zero-order valence-electron chi connectivity index (χ0n) is 11.3. The number of halogens is 4. The Bertz CT molecular complexity index is 775. The summed E-state index contributed by atoms with van der Waals surface area (Å²) in [7, 11) is 0. The maximum absolute atomic E-state index is 12.9. The van der Waals surface area contributed by atoms with Crippen LogP contribution < -0.4 is 5.32 Å². The van der Waals surface area contributed by atoms with Crippen molar-refractivity contribution < 1.29 is 27.9 Å². The van der Waals surface area contributed by atoms with Gasteiger partial charge < -0.3 is 10.4 Å². The third kappa shape index (κ3) is 3.81. The van der Waals surface area contributed by atoms with Crippen molar-refractivity contribution in [2.45, 2.75) is 6.18 Å². The van der Waals surface area contributed by atoms with Gasteiger partial charge in [-0.1, -0.05) is 23.7 Å². The number of benzene rings is 2. The van der Waals surface area contributed by atoms with Gasteiger partial charge in [0.05, 0.1) is 21.7 Å². The van der Waals surface area contributed by atoms with Crippen LogP contribution in [0.15, 0.2) is 42.5 Å². The largest absolute Gasteiger partial charge is 0.478 e. The van der Waals surface area contributed by atoms with E-state index in [0.29, 0.717) is 0 Å². The lowest BCUT2D eigenvalue weighted by Crippen LogP contribution is -2.18. The zero-order chi connectivity index (χ0) is 17.2. The van der Waals surface area contributed by atoms with Gasteiger partial charge >= 0.3 is 12.1 Å². The van der Waals surface area contributed by atoms with Crippen LogP contribution in [0, 0.1) is 0 Å². The first kappa shape index (κ1) is 16.8. The summed E-state index contributed by atoms with van der Waals surface area (Å²) in [5.41, 5.74) is -1.89. The van der Waals surface area contributed by atoms with Crippen LogP contribution in [-0.4, -0.2) is 17.0 Å². The number of anilines is 1. The number of carbonyl (C=O) groups excluding carboxylic acids is 1. The van der Waals surface area contributed by atoms with E-state index in [1.54, 1.807) is 0 Å².